The van der Waals surface area contributed by atoms with E-state index in [1.54, 1.807) is 0 Å². The van der Waals surface area contributed by atoms with Gasteiger partial charge in [-0.15, -0.1) is 0 Å². The number of hydrogen-bond acceptors (Lipinski definition) is 4. The van der Waals surface area contributed by atoms with Crippen molar-refractivity contribution >= 4 is 17.6 Å². The summed E-state index contributed by atoms with van der Waals surface area (Å²) in [5.41, 5.74) is -2.04. The maximum Gasteiger partial charge on any atom is 0.418 e. The topological polar surface area (TPSA) is 58.6 Å². The summed E-state index contributed by atoms with van der Waals surface area (Å²) >= 11 is 0. The lowest BCUT2D eigenvalue weighted by Gasteiger charge is -2.39. The summed E-state index contributed by atoms with van der Waals surface area (Å²) in [5, 5.41) is 2.34. The molecular formula is C19H21F3N2O3. The van der Waals surface area contributed by atoms with Gasteiger partial charge in [0.05, 0.1) is 16.8 Å². The number of rotatable bonds is 3. The highest BCUT2D eigenvalue weighted by Crippen LogP contribution is 2.42. The standard InChI is InChI=1S/C19H21F3N2O3/c1-3-24-10-8-18(9-11-24)15(12(2)17(26)27-18)16(25)23-14-7-5-4-6-13(14)19(20,21)22/h4-7H,3,8-11H2,1-2H3,(H,23,25). The molecule has 27 heavy (non-hydrogen) atoms. The van der Waals surface area contributed by atoms with Gasteiger partial charge in [-0.3, -0.25) is 4.79 Å². The van der Waals surface area contributed by atoms with Gasteiger partial charge in [0.1, 0.15) is 5.60 Å². The largest absolute Gasteiger partial charge is 0.450 e. The predicted molar refractivity (Wildman–Crippen MR) is 92.9 cm³/mol. The molecule has 0 saturated carbocycles. The minimum absolute atomic E-state index is 0.139. The van der Waals surface area contributed by atoms with Gasteiger partial charge in [-0.1, -0.05) is 19.1 Å². The van der Waals surface area contributed by atoms with Crippen LogP contribution in [0.25, 0.3) is 0 Å². The number of carbonyl (C=O) groups excluding carboxylic acids is 2. The van der Waals surface area contributed by atoms with Crippen molar-refractivity contribution in [2.24, 2.45) is 0 Å². The van der Waals surface area contributed by atoms with E-state index in [2.05, 4.69) is 10.2 Å². The summed E-state index contributed by atoms with van der Waals surface area (Å²) < 4.78 is 45.1. The molecule has 0 unspecified atom stereocenters. The molecule has 8 heteroatoms. The molecular weight excluding hydrogens is 361 g/mol. The first-order valence-electron chi connectivity index (χ1n) is 8.82. The smallest absolute Gasteiger partial charge is 0.418 e. The van der Waals surface area contributed by atoms with Crippen molar-refractivity contribution in [3.05, 3.63) is 41.0 Å². The fourth-order valence-electron chi connectivity index (χ4n) is 3.73. The first-order valence-corrected chi connectivity index (χ1v) is 8.82. The van der Waals surface area contributed by atoms with Gasteiger partial charge in [-0.2, -0.15) is 13.2 Å². The summed E-state index contributed by atoms with van der Waals surface area (Å²) in [6, 6.07) is 4.77. The Morgan fingerprint density at radius 2 is 1.89 bits per heavy atom. The van der Waals surface area contributed by atoms with Crippen LogP contribution < -0.4 is 5.32 Å². The molecule has 2 aliphatic heterocycles. The quantitative estimate of drug-likeness (QED) is 0.815. The van der Waals surface area contributed by atoms with Crippen molar-refractivity contribution in [1.29, 1.82) is 0 Å². The summed E-state index contributed by atoms with van der Waals surface area (Å²) in [6.07, 6.45) is -3.72. The lowest BCUT2D eigenvalue weighted by Crippen LogP contribution is -2.47. The Kier molecular flexibility index (Phi) is 5.03. The number of alkyl halides is 3. The first kappa shape index (κ1) is 19.4. The van der Waals surface area contributed by atoms with E-state index < -0.39 is 29.2 Å². The van der Waals surface area contributed by atoms with E-state index in [0.717, 1.165) is 12.6 Å². The number of piperidine rings is 1. The molecule has 0 aliphatic carbocycles. The Labute approximate surface area is 155 Å². The van der Waals surface area contributed by atoms with Crippen LogP contribution in [0, 0.1) is 0 Å². The van der Waals surface area contributed by atoms with Crippen LogP contribution in [0.5, 0.6) is 0 Å². The van der Waals surface area contributed by atoms with Gasteiger partial charge in [0.2, 0.25) is 0 Å². The fraction of sp³-hybridized carbons (Fsp3) is 0.474. The molecule has 1 N–H and O–H groups in total. The third-order valence-electron chi connectivity index (χ3n) is 5.24. The van der Waals surface area contributed by atoms with E-state index in [1.165, 1.54) is 25.1 Å². The number of hydrogen-bond donors (Lipinski definition) is 1. The second-order valence-electron chi connectivity index (χ2n) is 6.82. The number of nitrogens with zero attached hydrogens (tertiary/aromatic N) is 1. The van der Waals surface area contributed by atoms with Crippen molar-refractivity contribution in [1.82, 2.24) is 4.90 Å². The maximum absolute atomic E-state index is 13.2. The van der Waals surface area contributed by atoms with Gasteiger partial charge in [-0.05, 0) is 25.6 Å². The summed E-state index contributed by atoms with van der Waals surface area (Å²) in [5.74, 6) is -1.31. The van der Waals surface area contributed by atoms with E-state index in [1.807, 2.05) is 6.92 Å². The van der Waals surface area contributed by atoms with Gasteiger partial charge in [0.25, 0.3) is 5.91 Å². The zero-order valence-electron chi connectivity index (χ0n) is 15.2. The van der Waals surface area contributed by atoms with Crippen LogP contribution in [0.4, 0.5) is 18.9 Å². The van der Waals surface area contributed by atoms with Crippen molar-refractivity contribution in [3.8, 4) is 0 Å². The van der Waals surface area contributed by atoms with E-state index in [0.29, 0.717) is 25.9 Å². The Hall–Kier alpha value is -2.35. The number of amides is 1. The number of esters is 1. The van der Waals surface area contributed by atoms with E-state index in [-0.39, 0.29) is 16.8 Å². The van der Waals surface area contributed by atoms with Crippen LogP contribution in [0.15, 0.2) is 35.4 Å². The average Bonchev–Trinajstić information content (AvgIpc) is 2.85. The van der Waals surface area contributed by atoms with Gasteiger partial charge >= 0.3 is 12.1 Å². The van der Waals surface area contributed by atoms with Crippen LogP contribution in [0.3, 0.4) is 0 Å². The van der Waals surface area contributed by atoms with Crippen LogP contribution in [-0.4, -0.2) is 42.0 Å². The van der Waals surface area contributed by atoms with E-state index in [4.69, 9.17) is 4.74 Å². The number of nitrogens with one attached hydrogen (secondary N) is 1. The van der Waals surface area contributed by atoms with Crippen LogP contribution in [0.2, 0.25) is 0 Å². The first-order chi connectivity index (χ1) is 12.7. The SMILES string of the molecule is CCN1CCC2(CC1)OC(=O)C(C)=C2C(=O)Nc1ccccc1C(F)(F)F. The summed E-state index contributed by atoms with van der Waals surface area (Å²) in [6.45, 7) is 5.63. The van der Waals surface area contributed by atoms with Gasteiger partial charge in [0.15, 0.2) is 0 Å². The molecule has 3 rings (SSSR count). The van der Waals surface area contributed by atoms with Crippen molar-refractivity contribution < 1.29 is 27.5 Å². The lowest BCUT2D eigenvalue weighted by atomic mass is 9.82. The molecule has 0 aromatic heterocycles. The Balaban J connectivity index is 1.90. The van der Waals surface area contributed by atoms with Gasteiger partial charge in [0, 0.05) is 31.5 Å². The molecule has 1 fully saturated rings. The number of ether oxygens (including phenoxy) is 1. The highest BCUT2D eigenvalue weighted by molar-refractivity contribution is 6.12. The molecule has 2 heterocycles. The third kappa shape index (κ3) is 3.58. The predicted octanol–water partition coefficient (Wildman–Crippen LogP) is 3.37. The Bertz CT molecular complexity index is 794. The van der Waals surface area contributed by atoms with Crippen LogP contribution >= 0.6 is 0 Å². The molecule has 1 aromatic rings. The number of anilines is 1. The molecule has 0 radical (unpaired) electrons. The molecule has 1 spiro atoms. The second kappa shape index (κ2) is 6.99. The number of carbonyl (C=O) groups is 2. The highest BCUT2D eigenvalue weighted by atomic mass is 19.4. The minimum atomic E-state index is -4.60. The average molecular weight is 382 g/mol. The van der Waals surface area contributed by atoms with Gasteiger partial charge < -0.3 is 15.0 Å². The molecule has 146 valence electrons. The molecule has 1 saturated heterocycles. The fourth-order valence-corrected chi connectivity index (χ4v) is 3.73. The molecule has 2 aliphatic rings. The second-order valence-corrected chi connectivity index (χ2v) is 6.82. The third-order valence-corrected chi connectivity index (χ3v) is 5.24. The number of halogens is 3. The molecule has 1 amide bonds. The van der Waals surface area contributed by atoms with E-state index >= 15 is 0 Å². The lowest BCUT2D eigenvalue weighted by molar-refractivity contribution is -0.150. The van der Waals surface area contributed by atoms with Crippen molar-refractivity contribution in [3.63, 3.8) is 0 Å². The summed E-state index contributed by atoms with van der Waals surface area (Å²) in [7, 11) is 0. The molecule has 5 nitrogen and oxygen atoms in total. The zero-order chi connectivity index (χ0) is 19.8. The minimum Gasteiger partial charge on any atom is -0.450 e. The molecule has 0 bridgehead atoms. The highest BCUT2D eigenvalue weighted by Gasteiger charge is 2.50. The normalized spacial score (nSPS) is 20.1. The van der Waals surface area contributed by atoms with Crippen LogP contribution in [-0.2, 0) is 20.5 Å². The van der Waals surface area contributed by atoms with E-state index in [9.17, 15) is 22.8 Å². The maximum atomic E-state index is 13.2. The number of benzene rings is 1. The summed E-state index contributed by atoms with van der Waals surface area (Å²) in [4.78, 5) is 27.2. The molecule has 1 aromatic carbocycles. The zero-order valence-corrected chi connectivity index (χ0v) is 15.2. The van der Waals surface area contributed by atoms with Crippen molar-refractivity contribution in [2.75, 3.05) is 25.0 Å². The molecule has 0 atom stereocenters. The monoisotopic (exact) mass is 382 g/mol. The Morgan fingerprint density at radius 1 is 1.26 bits per heavy atom. The van der Waals surface area contributed by atoms with Crippen LogP contribution in [0.1, 0.15) is 32.3 Å². The van der Waals surface area contributed by atoms with Crippen molar-refractivity contribution in [2.45, 2.75) is 38.5 Å². The number of likely N-dealkylation sites (tertiary alicyclic amines) is 1. The number of para-hydroxylation sites is 1. The Morgan fingerprint density at radius 3 is 2.48 bits per heavy atom. The van der Waals surface area contributed by atoms with Gasteiger partial charge in [-0.25, -0.2) is 4.79 Å².